The van der Waals surface area contributed by atoms with Crippen LogP contribution in [0.4, 0.5) is 0 Å². The number of nitrogens with zero attached hydrogens (tertiary/aromatic N) is 7. The zero-order valence-electron chi connectivity index (χ0n) is 17.6. The number of ether oxygens (including phenoxy) is 1. The number of hydrogen-bond donors (Lipinski definition) is 0. The minimum atomic E-state index is 0.309. The SMILES string of the molecule is Cc1ccc2c(c1)-n1nnc(COc3ccccc3)c1Cc1c(-c3nc(C)no3)ncn1-2. The fourth-order valence-electron chi connectivity index (χ4n) is 3.97. The normalized spacial score (nSPS) is 12.1. The van der Waals surface area contributed by atoms with E-state index in [0.29, 0.717) is 30.4 Å². The summed E-state index contributed by atoms with van der Waals surface area (Å²) in [5, 5.41) is 12.9. The monoisotopic (exact) mass is 425 g/mol. The Morgan fingerprint density at radius 2 is 1.91 bits per heavy atom. The van der Waals surface area contributed by atoms with Gasteiger partial charge in [-0.2, -0.15) is 4.98 Å². The molecule has 0 spiro atoms. The maximum atomic E-state index is 5.98. The molecule has 5 aromatic rings. The Balaban J connectivity index is 1.49. The van der Waals surface area contributed by atoms with Gasteiger partial charge in [0.1, 0.15) is 24.4 Å². The minimum Gasteiger partial charge on any atom is -0.487 e. The summed E-state index contributed by atoms with van der Waals surface area (Å²) in [7, 11) is 0. The molecule has 2 aromatic carbocycles. The van der Waals surface area contributed by atoms with E-state index in [1.165, 1.54) is 0 Å². The summed E-state index contributed by atoms with van der Waals surface area (Å²) in [4.78, 5) is 9.00. The number of hydrogen-bond acceptors (Lipinski definition) is 7. The number of aryl methyl sites for hydroxylation is 2. The van der Waals surface area contributed by atoms with E-state index < -0.39 is 0 Å². The van der Waals surface area contributed by atoms with Crippen LogP contribution in [0.2, 0.25) is 0 Å². The summed E-state index contributed by atoms with van der Waals surface area (Å²) in [6.45, 7) is 4.16. The average Bonchev–Trinajstić information content (AvgIpc) is 3.50. The van der Waals surface area contributed by atoms with Crippen molar-refractivity contribution in [3.8, 4) is 28.7 Å². The molecule has 0 bridgehead atoms. The smallest absolute Gasteiger partial charge is 0.278 e. The maximum absolute atomic E-state index is 5.98. The van der Waals surface area contributed by atoms with Gasteiger partial charge in [0.15, 0.2) is 11.5 Å². The zero-order chi connectivity index (χ0) is 21.7. The van der Waals surface area contributed by atoms with E-state index in [9.17, 15) is 0 Å². The Hall–Kier alpha value is -4.27. The van der Waals surface area contributed by atoms with Crippen molar-refractivity contribution in [2.75, 3.05) is 0 Å². The lowest BCUT2D eigenvalue weighted by atomic mass is 10.1. The summed E-state index contributed by atoms with van der Waals surface area (Å²) in [6, 6.07) is 15.9. The highest BCUT2D eigenvalue weighted by molar-refractivity contribution is 5.62. The van der Waals surface area contributed by atoms with Gasteiger partial charge in [-0.15, -0.1) is 5.10 Å². The second kappa shape index (κ2) is 7.16. The van der Waals surface area contributed by atoms with Gasteiger partial charge in [-0.3, -0.25) is 4.57 Å². The Kier molecular flexibility index (Phi) is 4.14. The number of para-hydroxylation sites is 1. The van der Waals surface area contributed by atoms with Crippen molar-refractivity contribution in [2.45, 2.75) is 26.9 Å². The van der Waals surface area contributed by atoms with Crippen molar-refractivity contribution in [3.63, 3.8) is 0 Å². The van der Waals surface area contributed by atoms with Crippen molar-refractivity contribution < 1.29 is 9.26 Å². The predicted molar refractivity (Wildman–Crippen MR) is 115 cm³/mol. The Bertz CT molecular complexity index is 1430. The summed E-state index contributed by atoms with van der Waals surface area (Å²) in [6.07, 6.45) is 2.32. The van der Waals surface area contributed by atoms with Crippen molar-refractivity contribution in [2.24, 2.45) is 0 Å². The molecule has 4 heterocycles. The Morgan fingerprint density at radius 1 is 1.03 bits per heavy atom. The van der Waals surface area contributed by atoms with E-state index >= 15 is 0 Å². The van der Waals surface area contributed by atoms with Gasteiger partial charge in [0.25, 0.3) is 5.89 Å². The molecular weight excluding hydrogens is 406 g/mol. The first-order chi connectivity index (χ1) is 15.7. The highest BCUT2D eigenvalue weighted by Crippen LogP contribution is 2.33. The van der Waals surface area contributed by atoms with E-state index in [1.54, 1.807) is 13.3 Å². The molecule has 1 aliphatic heterocycles. The fraction of sp³-hybridized carbons (Fsp3) is 0.174. The molecule has 0 fully saturated rings. The second-order valence-electron chi connectivity index (χ2n) is 7.72. The topological polar surface area (TPSA) is 96.7 Å². The predicted octanol–water partition coefficient (Wildman–Crippen LogP) is 3.60. The summed E-state index contributed by atoms with van der Waals surface area (Å²) in [5.74, 6) is 1.74. The quantitative estimate of drug-likeness (QED) is 0.426. The van der Waals surface area contributed by atoms with Crippen LogP contribution in [0.15, 0.2) is 59.4 Å². The number of benzene rings is 2. The van der Waals surface area contributed by atoms with Crippen LogP contribution in [-0.4, -0.2) is 34.7 Å². The molecule has 158 valence electrons. The first-order valence-electron chi connectivity index (χ1n) is 10.3. The molecule has 9 heteroatoms. The molecule has 0 unspecified atom stereocenters. The van der Waals surface area contributed by atoms with Gasteiger partial charge < -0.3 is 9.26 Å². The molecule has 9 nitrogen and oxygen atoms in total. The maximum Gasteiger partial charge on any atom is 0.278 e. The first-order valence-corrected chi connectivity index (χ1v) is 10.3. The number of fused-ring (bicyclic) bond motifs is 5. The van der Waals surface area contributed by atoms with Crippen LogP contribution in [0.25, 0.3) is 23.0 Å². The first kappa shape index (κ1) is 18.5. The van der Waals surface area contributed by atoms with Crippen LogP contribution in [0, 0.1) is 13.8 Å². The fourth-order valence-corrected chi connectivity index (χ4v) is 3.97. The second-order valence-corrected chi connectivity index (χ2v) is 7.72. The molecule has 0 aliphatic carbocycles. The number of imidazole rings is 1. The van der Waals surface area contributed by atoms with E-state index in [-0.39, 0.29) is 0 Å². The molecule has 6 rings (SSSR count). The van der Waals surface area contributed by atoms with Gasteiger partial charge in [-0.25, -0.2) is 9.67 Å². The molecular formula is C23H19N7O2. The van der Waals surface area contributed by atoms with Crippen LogP contribution in [-0.2, 0) is 13.0 Å². The lowest BCUT2D eigenvalue weighted by Gasteiger charge is -2.10. The molecule has 32 heavy (non-hydrogen) atoms. The van der Waals surface area contributed by atoms with Gasteiger partial charge in [-0.1, -0.05) is 34.6 Å². The van der Waals surface area contributed by atoms with Gasteiger partial charge in [0.2, 0.25) is 0 Å². The third-order valence-corrected chi connectivity index (χ3v) is 5.51. The van der Waals surface area contributed by atoms with Crippen molar-refractivity contribution >= 4 is 0 Å². The van der Waals surface area contributed by atoms with E-state index in [2.05, 4.69) is 55.1 Å². The Morgan fingerprint density at radius 3 is 2.72 bits per heavy atom. The lowest BCUT2D eigenvalue weighted by Crippen LogP contribution is -2.05. The molecule has 0 radical (unpaired) electrons. The van der Waals surface area contributed by atoms with Crippen LogP contribution >= 0.6 is 0 Å². The van der Waals surface area contributed by atoms with Gasteiger partial charge >= 0.3 is 0 Å². The van der Waals surface area contributed by atoms with Gasteiger partial charge in [0.05, 0.1) is 22.8 Å². The zero-order valence-corrected chi connectivity index (χ0v) is 17.6. The third kappa shape index (κ3) is 2.97. The average molecular weight is 425 g/mol. The van der Waals surface area contributed by atoms with E-state index in [1.807, 2.05) is 35.0 Å². The number of aromatic nitrogens is 7. The summed E-state index contributed by atoms with van der Waals surface area (Å²) >= 11 is 0. The largest absolute Gasteiger partial charge is 0.487 e. The molecule has 0 saturated carbocycles. The third-order valence-electron chi connectivity index (χ3n) is 5.51. The van der Waals surface area contributed by atoms with Crippen LogP contribution < -0.4 is 4.74 Å². The lowest BCUT2D eigenvalue weighted by molar-refractivity contribution is 0.300. The molecule has 0 N–H and O–H groups in total. The van der Waals surface area contributed by atoms with Crippen LogP contribution in [0.3, 0.4) is 0 Å². The summed E-state index contributed by atoms with van der Waals surface area (Å²) < 4.78 is 15.4. The standard InChI is InChI=1S/C23H19N7O2/c1-14-8-9-18-20(10-14)30-19(17(26-28-30)12-31-16-6-4-3-5-7-16)11-21-22(24-13-29(18)21)23-25-15(2)27-32-23/h3-10,13H,11-12H2,1-2H3. The molecule has 0 saturated heterocycles. The van der Waals surface area contributed by atoms with Gasteiger partial charge in [0, 0.05) is 6.42 Å². The van der Waals surface area contributed by atoms with E-state index in [4.69, 9.17) is 9.26 Å². The van der Waals surface area contributed by atoms with Crippen molar-refractivity contribution in [1.29, 1.82) is 0 Å². The van der Waals surface area contributed by atoms with Crippen LogP contribution in [0.1, 0.15) is 28.5 Å². The van der Waals surface area contributed by atoms with Crippen molar-refractivity contribution in [1.82, 2.24) is 34.7 Å². The van der Waals surface area contributed by atoms with Crippen molar-refractivity contribution in [3.05, 3.63) is 83.3 Å². The summed E-state index contributed by atoms with van der Waals surface area (Å²) in [5.41, 5.74) is 6.31. The highest BCUT2D eigenvalue weighted by atomic mass is 16.5. The molecule has 1 aliphatic rings. The van der Waals surface area contributed by atoms with Gasteiger partial charge in [-0.05, 0) is 43.7 Å². The minimum absolute atomic E-state index is 0.309. The molecule has 3 aromatic heterocycles. The molecule has 0 atom stereocenters. The Labute approximate surface area is 183 Å². The number of rotatable bonds is 4. The highest BCUT2D eigenvalue weighted by Gasteiger charge is 2.28. The molecule has 0 amide bonds. The van der Waals surface area contributed by atoms with E-state index in [0.717, 1.165) is 39.8 Å². The van der Waals surface area contributed by atoms with Crippen LogP contribution in [0.5, 0.6) is 5.75 Å².